The SMILES string of the molecule is CCCCCCCC/C=C\CCCCCCCC(=O)OCCCCCCCC/C=C\CCCCCC(=O)NC(CO)C(O)CCCCCCCCCCCCCCCCCCCCC. The van der Waals surface area contributed by atoms with Crippen LogP contribution in [0.25, 0.3) is 0 Å². The van der Waals surface area contributed by atoms with E-state index in [0.29, 0.717) is 25.9 Å². The van der Waals surface area contributed by atoms with Crippen molar-refractivity contribution >= 4 is 11.9 Å². The van der Waals surface area contributed by atoms with Crippen LogP contribution >= 0.6 is 0 Å². The van der Waals surface area contributed by atoms with Crippen molar-refractivity contribution in [3.05, 3.63) is 24.3 Å². The number of ether oxygens (including phenoxy) is 1. The van der Waals surface area contributed by atoms with Gasteiger partial charge in [0.05, 0.1) is 25.4 Å². The van der Waals surface area contributed by atoms with Crippen LogP contribution in [0.2, 0.25) is 0 Å². The van der Waals surface area contributed by atoms with Crippen molar-refractivity contribution in [2.45, 2.75) is 321 Å². The lowest BCUT2D eigenvalue weighted by atomic mass is 10.0. The fraction of sp³-hybridized carbons (Fsp3) is 0.897. The van der Waals surface area contributed by atoms with Crippen molar-refractivity contribution in [1.29, 1.82) is 0 Å². The molecule has 0 spiro atoms. The third kappa shape index (κ3) is 49.8. The van der Waals surface area contributed by atoms with Gasteiger partial charge in [0, 0.05) is 12.8 Å². The minimum Gasteiger partial charge on any atom is -0.466 e. The lowest BCUT2D eigenvalue weighted by Crippen LogP contribution is -2.45. The Labute approximate surface area is 399 Å². The molecule has 378 valence electrons. The van der Waals surface area contributed by atoms with Gasteiger partial charge in [-0.2, -0.15) is 0 Å². The van der Waals surface area contributed by atoms with Crippen molar-refractivity contribution in [2.24, 2.45) is 0 Å². The highest BCUT2D eigenvalue weighted by Crippen LogP contribution is 2.17. The van der Waals surface area contributed by atoms with E-state index in [4.69, 9.17) is 4.74 Å². The summed E-state index contributed by atoms with van der Waals surface area (Å²) in [5, 5.41) is 23.3. The number of allylic oxidation sites excluding steroid dienone is 4. The summed E-state index contributed by atoms with van der Waals surface area (Å²) >= 11 is 0. The van der Waals surface area contributed by atoms with Crippen LogP contribution in [0.5, 0.6) is 0 Å². The van der Waals surface area contributed by atoms with Gasteiger partial charge in [0.2, 0.25) is 5.91 Å². The summed E-state index contributed by atoms with van der Waals surface area (Å²) < 4.78 is 5.46. The molecule has 0 aromatic rings. The zero-order valence-corrected chi connectivity index (χ0v) is 43.0. The average Bonchev–Trinajstić information content (AvgIpc) is 3.29. The molecule has 0 aliphatic rings. The van der Waals surface area contributed by atoms with Gasteiger partial charge >= 0.3 is 5.97 Å². The number of rotatable bonds is 53. The highest BCUT2D eigenvalue weighted by molar-refractivity contribution is 5.76. The second-order valence-corrected chi connectivity index (χ2v) is 19.6. The van der Waals surface area contributed by atoms with Gasteiger partial charge in [0.15, 0.2) is 0 Å². The standard InChI is InChI=1S/C58H111NO5/c1-3-5-7-9-11-13-15-17-19-20-21-22-24-26-30-34-38-42-46-50-56(61)55(54-60)59-57(62)51-47-43-39-35-31-27-25-29-33-37-41-45-49-53-64-58(63)52-48-44-40-36-32-28-23-18-16-14-12-10-8-6-4-2/h18,23,27,31,55-56,60-61H,3-17,19-22,24-26,28-30,32-54H2,1-2H3,(H,59,62)/b23-18-,31-27-. The van der Waals surface area contributed by atoms with Crippen LogP contribution in [0.15, 0.2) is 24.3 Å². The molecule has 0 aromatic heterocycles. The zero-order chi connectivity index (χ0) is 46.5. The van der Waals surface area contributed by atoms with Gasteiger partial charge in [-0.3, -0.25) is 9.59 Å². The largest absolute Gasteiger partial charge is 0.466 e. The Kier molecular flexibility index (Phi) is 52.6. The zero-order valence-electron chi connectivity index (χ0n) is 43.0. The van der Waals surface area contributed by atoms with Crippen LogP contribution in [0.3, 0.4) is 0 Å². The Hall–Kier alpha value is -1.66. The molecule has 0 rings (SSSR count). The number of carbonyl (C=O) groups excluding carboxylic acids is 2. The molecule has 0 aliphatic carbocycles. The molecular formula is C58H111NO5. The molecule has 0 fully saturated rings. The molecule has 0 aliphatic heterocycles. The lowest BCUT2D eigenvalue weighted by Gasteiger charge is -2.22. The second-order valence-electron chi connectivity index (χ2n) is 19.6. The second kappa shape index (κ2) is 54.0. The number of carbonyl (C=O) groups is 2. The predicted octanol–water partition coefficient (Wildman–Crippen LogP) is 17.5. The van der Waals surface area contributed by atoms with Gasteiger partial charge in [-0.05, 0) is 77.0 Å². The number of aliphatic hydroxyl groups is 2. The normalized spacial score (nSPS) is 12.8. The molecule has 2 atom stereocenters. The number of hydrogen-bond donors (Lipinski definition) is 3. The van der Waals surface area contributed by atoms with E-state index in [1.807, 2.05) is 0 Å². The van der Waals surface area contributed by atoms with Gasteiger partial charge in [-0.15, -0.1) is 0 Å². The van der Waals surface area contributed by atoms with E-state index in [9.17, 15) is 19.8 Å². The molecule has 2 unspecified atom stereocenters. The smallest absolute Gasteiger partial charge is 0.305 e. The molecule has 0 saturated heterocycles. The van der Waals surface area contributed by atoms with Gasteiger partial charge < -0.3 is 20.3 Å². The molecule has 6 nitrogen and oxygen atoms in total. The molecule has 3 N–H and O–H groups in total. The lowest BCUT2D eigenvalue weighted by molar-refractivity contribution is -0.143. The highest BCUT2D eigenvalue weighted by Gasteiger charge is 2.20. The quantitative estimate of drug-likeness (QED) is 0.0321. The summed E-state index contributed by atoms with van der Waals surface area (Å²) in [6, 6.07) is -0.562. The number of amides is 1. The Balaban J connectivity index is 3.49. The summed E-state index contributed by atoms with van der Waals surface area (Å²) in [5.74, 6) is -0.0831. The summed E-state index contributed by atoms with van der Waals surface area (Å²) in [5.41, 5.74) is 0. The maximum absolute atomic E-state index is 12.5. The Morgan fingerprint density at radius 3 is 1.12 bits per heavy atom. The third-order valence-corrected chi connectivity index (χ3v) is 13.2. The first-order chi connectivity index (χ1) is 31.5. The minimum atomic E-state index is -0.682. The van der Waals surface area contributed by atoms with Crippen molar-refractivity contribution in [1.82, 2.24) is 5.32 Å². The molecule has 64 heavy (non-hydrogen) atoms. The predicted molar refractivity (Wildman–Crippen MR) is 278 cm³/mol. The summed E-state index contributed by atoms with van der Waals surface area (Å²) in [4.78, 5) is 24.5. The monoisotopic (exact) mass is 902 g/mol. The van der Waals surface area contributed by atoms with E-state index >= 15 is 0 Å². The fourth-order valence-electron chi connectivity index (χ4n) is 8.81. The van der Waals surface area contributed by atoms with E-state index in [1.165, 1.54) is 205 Å². The Morgan fingerprint density at radius 1 is 0.422 bits per heavy atom. The molecule has 1 amide bonds. The van der Waals surface area contributed by atoms with Gasteiger partial charge in [0.25, 0.3) is 0 Å². The molecule has 0 aromatic carbocycles. The molecule has 0 saturated carbocycles. The summed E-state index contributed by atoms with van der Waals surface area (Å²) in [6.07, 6.45) is 64.5. The number of hydrogen-bond acceptors (Lipinski definition) is 5. The summed E-state index contributed by atoms with van der Waals surface area (Å²) in [6.45, 7) is 4.92. The van der Waals surface area contributed by atoms with Crippen LogP contribution in [0.4, 0.5) is 0 Å². The maximum Gasteiger partial charge on any atom is 0.305 e. The van der Waals surface area contributed by atoms with Crippen molar-refractivity contribution in [3.8, 4) is 0 Å². The molecule has 0 heterocycles. The van der Waals surface area contributed by atoms with E-state index < -0.39 is 12.1 Å². The highest BCUT2D eigenvalue weighted by atomic mass is 16.5. The third-order valence-electron chi connectivity index (χ3n) is 13.2. The Bertz CT molecular complexity index is 997. The van der Waals surface area contributed by atoms with Gasteiger partial charge in [-0.25, -0.2) is 0 Å². The molecule has 0 bridgehead atoms. The first-order valence-corrected chi connectivity index (χ1v) is 28.6. The number of esters is 1. The Morgan fingerprint density at radius 2 is 0.734 bits per heavy atom. The van der Waals surface area contributed by atoms with Crippen molar-refractivity contribution < 1.29 is 24.5 Å². The van der Waals surface area contributed by atoms with E-state index in [-0.39, 0.29) is 18.5 Å². The van der Waals surface area contributed by atoms with Crippen LogP contribution in [0.1, 0.15) is 309 Å². The average molecular weight is 903 g/mol. The molecule has 0 radical (unpaired) electrons. The number of nitrogens with one attached hydrogen (secondary N) is 1. The number of unbranched alkanes of at least 4 members (excludes halogenated alkanes) is 38. The van der Waals surface area contributed by atoms with Gasteiger partial charge in [0.1, 0.15) is 0 Å². The van der Waals surface area contributed by atoms with Crippen molar-refractivity contribution in [3.63, 3.8) is 0 Å². The maximum atomic E-state index is 12.5. The molecular weight excluding hydrogens is 791 g/mol. The van der Waals surface area contributed by atoms with Crippen LogP contribution < -0.4 is 5.32 Å². The van der Waals surface area contributed by atoms with E-state index in [2.05, 4.69) is 43.5 Å². The molecule has 6 heteroatoms. The van der Waals surface area contributed by atoms with E-state index in [1.54, 1.807) is 0 Å². The fourth-order valence-corrected chi connectivity index (χ4v) is 8.81. The van der Waals surface area contributed by atoms with Crippen LogP contribution in [0, 0.1) is 0 Å². The minimum absolute atomic E-state index is 0.0200. The summed E-state index contributed by atoms with van der Waals surface area (Å²) in [7, 11) is 0. The van der Waals surface area contributed by atoms with Crippen LogP contribution in [-0.4, -0.2) is 47.4 Å². The topological polar surface area (TPSA) is 95.9 Å². The van der Waals surface area contributed by atoms with Gasteiger partial charge in [-0.1, -0.05) is 244 Å². The van der Waals surface area contributed by atoms with Crippen LogP contribution in [-0.2, 0) is 14.3 Å². The van der Waals surface area contributed by atoms with Crippen molar-refractivity contribution in [2.75, 3.05) is 13.2 Å². The van der Waals surface area contributed by atoms with E-state index in [0.717, 1.165) is 70.6 Å². The first kappa shape index (κ1) is 62.3. The first-order valence-electron chi connectivity index (χ1n) is 28.6. The number of aliphatic hydroxyl groups excluding tert-OH is 2.